The first-order valence-corrected chi connectivity index (χ1v) is 4.10. The Balaban J connectivity index is 2.86. The minimum Gasteiger partial charge on any atom is -0.464 e. The molecule has 0 aromatic carbocycles. The van der Waals surface area contributed by atoms with Crippen LogP contribution in [0.1, 0.15) is 25.7 Å². The Bertz CT molecular complexity index is 119. The van der Waals surface area contributed by atoms with Crippen molar-refractivity contribution in [3.05, 3.63) is 0 Å². The Kier molecular flexibility index (Phi) is 7.73. The van der Waals surface area contributed by atoms with Crippen LogP contribution in [0.2, 0.25) is 0 Å². The van der Waals surface area contributed by atoms with Gasteiger partial charge < -0.3 is 10.2 Å². The van der Waals surface area contributed by atoms with E-state index >= 15 is 0 Å². The highest BCUT2D eigenvalue weighted by molar-refractivity contribution is 5.63. The molecule has 4 N–H and O–H groups in total. The third-order valence-corrected chi connectivity index (χ3v) is 1.41. The highest BCUT2D eigenvalue weighted by atomic mass is 16.4. The second kappa shape index (κ2) is 8.29. The molecule has 0 aliphatic carbocycles. The van der Waals surface area contributed by atoms with E-state index in [1.54, 1.807) is 0 Å². The van der Waals surface area contributed by atoms with Gasteiger partial charge in [-0.15, -0.1) is 0 Å². The Morgan fingerprint density at radius 1 is 1.17 bits per heavy atom. The van der Waals surface area contributed by atoms with Crippen LogP contribution in [0.3, 0.4) is 0 Å². The molecule has 0 aromatic rings. The van der Waals surface area contributed by atoms with E-state index in [4.69, 9.17) is 10.2 Å². The highest BCUT2D eigenvalue weighted by Crippen LogP contribution is 1.96. The zero-order valence-corrected chi connectivity index (χ0v) is 7.05. The number of hydrogen-bond donors (Lipinski definition) is 4. The van der Waals surface area contributed by atoms with Gasteiger partial charge in [0.15, 0.2) is 0 Å². The molecule has 0 bridgehead atoms. The number of aliphatic hydroxyl groups is 1. The fourth-order valence-corrected chi connectivity index (χ4v) is 0.817. The fraction of sp³-hybridized carbons (Fsp3) is 0.857. The largest absolute Gasteiger partial charge is 0.464 e. The zero-order valence-electron chi connectivity index (χ0n) is 7.05. The van der Waals surface area contributed by atoms with Crippen LogP contribution in [-0.4, -0.2) is 29.5 Å². The van der Waals surface area contributed by atoms with E-state index in [2.05, 4.69) is 10.9 Å². The van der Waals surface area contributed by atoms with Gasteiger partial charge in [0, 0.05) is 13.2 Å². The number of carboxylic acid groups (broad SMARTS) is 1. The molecule has 0 fully saturated rings. The monoisotopic (exact) mass is 176 g/mol. The molecule has 5 nitrogen and oxygen atoms in total. The van der Waals surface area contributed by atoms with Gasteiger partial charge in [-0.2, -0.15) is 0 Å². The van der Waals surface area contributed by atoms with Gasteiger partial charge in [-0.05, 0) is 12.8 Å². The minimum atomic E-state index is -1.06. The molecular weight excluding hydrogens is 160 g/mol. The van der Waals surface area contributed by atoms with E-state index in [-0.39, 0.29) is 6.61 Å². The molecule has 0 saturated heterocycles. The van der Waals surface area contributed by atoms with E-state index < -0.39 is 6.09 Å². The van der Waals surface area contributed by atoms with E-state index in [0.29, 0.717) is 6.54 Å². The van der Waals surface area contributed by atoms with Crippen LogP contribution < -0.4 is 10.9 Å². The number of aliphatic hydroxyl groups excluding tert-OH is 1. The number of hydrogen-bond acceptors (Lipinski definition) is 3. The summed E-state index contributed by atoms with van der Waals surface area (Å²) in [4.78, 5) is 9.93. The Labute approximate surface area is 71.7 Å². The van der Waals surface area contributed by atoms with Gasteiger partial charge in [-0.1, -0.05) is 12.8 Å². The summed E-state index contributed by atoms with van der Waals surface area (Å²) in [5.41, 5.74) is 4.60. The van der Waals surface area contributed by atoms with Crippen LogP contribution in [0.25, 0.3) is 0 Å². The van der Waals surface area contributed by atoms with E-state index in [1.807, 2.05) is 0 Å². The van der Waals surface area contributed by atoms with Crippen molar-refractivity contribution >= 4 is 6.09 Å². The lowest BCUT2D eigenvalue weighted by Gasteiger charge is -2.02. The molecule has 5 heteroatoms. The molecular formula is C7H16N2O3. The average Bonchev–Trinajstić information content (AvgIpc) is 2.02. The first-order valence-electron chi connectivity index (χ1n) is 4.10. The van der Waals surface area contributed by atoms with Crippen molar-refractivity contribution in [2.75, 3.05) is 13.2 Å². The SMILES string of the molecule is O=C(O)NNCCCCCCO. The van der Waals surface area contributed by atoms with E-state index in [0.717, 1.165) is 25.7 Å². The first-order chi connectivity index (χ1) is 5.77. The van der Waals surface area contributed by atoms with Gasteiger partial charge in [0.2, 0.25) is 0 Å². The first kappa shape index (κ1) is 11.2. The second-order valence-corrected chi connectivity index (χ2v) is 2.49. The summed E-state index contributed by atoms with van der Waals surface area (Å²) in [5.74, 6) is 0. The highest BCUT2D eigenvalue weighted by Gasteiger charge is 1.91. The number of carbonyl (C=O) groups is 1. The van der Waals surface area contributed by atoms with Gasteiger partial charge >= 0.3 is 6.09 Å². The van der Waals surface area contributed by atoms with Crippen LogP contribution in [0.4, 0.5) is 4.79 Å². The van der Waals surface area contributed by atoms with Crippen molar-refractivity contribution in [3.63, 3.8) is 0 Å². The quantitative estimate of drug-likeness (QED) is 0.332. The van der Waals surface area contributed by atoms with Crippen molar-refractivity contribution in [3.8, 4) is 0 Å². The summed E-state index contributed by atoms with van der Waals surface area (Å²) in [6.07, 6.45) is 2.68. The van der Waals surface area contributed by atoms with Crippen LogP contribution in [-0.2, 0) is 0 Å². The molecule has 1 amide bonds. The summed E-state index contributed by atoms with van der Waals surface area (Å²) in [6, 6.07) is 0. The van der Waals surface area contributed by atoms with Gasteiger partial charge in [-0.3, -0.25) is 5.43 Å². The molecule has 0 unspecified atom stereocenters. The number of rotatable bonds is 7. The van der Waals surface area contributed by atoms with Gasteiger partial charge in [0.1, 0.15) is 0 Å². The molecule has 0 rings (SSSR count). The van der Waals surface area contributed by atoms with Crippen LogP contribution in [0.5, 0.6) is 0 Å². The Hall–Kier alpha value is -0.810. The molecule has 0 aliphatic rings. The van der Waals surface area contributed by atoms with Gasteiger partial charge in [0.05, 0.1) is 0 Å². The second-order valence-electron chi connectivity index (χ2n) is 2.49. The normalized spacial score (nSPS) is 9.75. The number of unbranched alkanes of at least 4 members (excludes halogenated alkanes) is 3. The predicted octanol–water partition coefficient (Wildman–Crippen LogP) is 0.311. The zero-order chi connectivity index (χ0) is 9.23. The lowest BCUT2D eigenvalue weighted by atomic mass is 10.2. The maximum Gasteiger partial charge on any atom is 0.419 e. The van der Waals surface area contributed by atoms with Crippen molar-refractivity contribution in [1.82, 2.24) is 10.9 Å². The van der Waals surface area contributed by atoms with Gasteiger partial charge in [0.25, 0.3) is 0 Å². The number of amides is 1. The minimum absolute atomic E-state index is 0.237. The van der Waals surface area contributed by atoms with Crippen molar-refractivity contribution < 1.29 is 15.0 Å². The molecule has 0 radical (unpaired) electrons. The number of hydrazine groups is 1. The molecule has 0 atom stereocenters. The van der Waals surface area contributed by atoms with Crippen LogP contribution in [0.15, 0.2) is 0 Å². The summed E-state index contributed by atoms with van der Waals surface area (Å²) in [5, 5.41) is 16.6. The molecule has 12 heavy (non-hydrogen) atoms. The lowest BCUT2D eigenvalue weighted by Crippen LogP contribution is -2.36. The number of nitrogens with one attached hydrogen (secondary N) is 2. The third-order valence-electron chi connectivity index (χ3n) is 1.41. The topological polar surface area (TPSA) is 81.6 Å². The van der Waals surface area contributed by atoms with E-state index in [9.17, 15) is 4.79 Å². The molecule has 0 spiro atoms. The average molecular weight is 176 g/mol. The summed E-state index contributed by atoms with van der Waals surface area (Å²) < 4.78 is 0. The molecule has 0 heterocycles. The smallest absolute Gasteiger partial charge is 0.419 e. The lowest BCUT2D eigenvalue weighted by molar-refractivity contribution is 0.189. The van der Waals surface area contributed by atoms with E-state index in [1.165, 1.54) is 0 Å². The fourth-order valence-electron chi connectivity index (χ4n) is 0.817. The maximum absolute atomic E-state index is 9.93. The molecule has 0 aliphatic heterocycles. The van der Waals surface area contributed by atoms with Crippen molar-refractivity contribution in [1.29, 1.82) is 0 Å². The standard InChI is InChI=1S/C7H16N2O3/c10-6-4-2-1-3-5-8-9-7(11)12/h8-10H,1-6H2,(H,11,12). The summed E-state index contributed by atoms with van der Waals surface area (Å²) in [6.45, 7) is 0.874. The van der Waals surface area contributed by atoms with Gasteiger partial charge in [-0.25, -0.2) is 10.2 Å². The molecule has 0 aromatic heterocycles. The van der Waals surface area contributed by atoms with Crippen molar-refractivity contribution in [2.24, 2.45) is 0 Å². The Morgan fingerprint density at radius 2 is 1.83 bits per heavy atom. The molecule has 0 saturated carbocycles. The Morgan fingerprint density at radius 3 is 2.42 bits per heavy atom. The summed E-state index contributed by atoms with van der Waals surface area (Å²) in [7, 11) is 0. The third kappa shape index (κ3) is 9.19. The summed E-state index contributed by atoms with van der Waals surface area (Å²) >= 11 is 0. The van der Waals surface area contributed by atoms with Crippen molar-refractivity contribution in [2.45, 2.75) is 25.7 Å². The maximum atomic E-state index is 9.93. The van der Waals surface area contributed by atoms with Crippen LogP contribution in [0, 0.1) is 0 Å². The van der Waals surface area contributed by atoms with Crippen LogP contribution >= 0.6 is 0 Å². The molecule has 72 valence electrons. The predicted molar refractivity (Wildman–Crippen MR) is 44.7 cm³/mol.